The molecule has 0 atom stereocenters. The van der Waals surface area contributed by atoms with Crippen LogP contribution in [0.15, 0.2) is 0 Å². The van der Waals surface area contributed by atoms with Crippen molar-refractivity contribution in [1.82, 2.24) is 4.90 Å². The zero-order valence-corrected chi connectivity index (χ0v) is 11.7. The summed E-state index contributed by atoms with van der Waals surface area (Å²) in [5, 5.41) is 8.69. The van der Waals surface area contributed by atoms with Crippen molar-refractivity contribution in [1.29, 1.82) is 0 Å². The lowest BCUT2D eigenvalue weighted by atomic mass is 10.2. The van der Waals surface area contributed by atoms with Gasteiger partial charge in [0.05, 0.1) is 20.1 Å². The Kier molecular flexibility index (Phi) is 12.3. The van der Waals surface area contributed by atoms with Crippen LogP contribution < -0.4 is 0 Å². The third-order valence-electron chi connectivity index (χ3n) is 2.85. The van der Waals surface area contributed by atoms with E-state index in [4.69, 9.17) is 9.84 Å². The minimum Gasteiger partial charge on any atom is -0.469 e. The Morgan fingerprint density at radius 3 is 2.39 bits per heavy atom. The number of carbonyl (C=O) groups is 1. The maximum atomic E-state index is 11.1. The third kappa shape index (κ3) is 10.5. The molecular formula is C13H27NO4. The molecule has 0 fully saturated rings. The molecule has 5 heteroatoms. The SMILES string of the molecule is COCCN(CCCCCCO)CCC(=O)OC. The first kappa shape index (κ1) is 17.4. The number of rotatable bonds is 12. The van der Waals surface area contributed by atoms with Crippen molar-refractivity contribution in [3.05, 3.63) is 0 Å². The summed E-state index contributed by atoms with van der Waals surface area (Å²) in [5.41, 5.74) is 0. The van der Waals surface area contributed by atoms with Crippen LogP contribution in [-0.4, -0.2) is 63.0 Å². The lowest BCUT2D eigenvalue weighted by molar-refractivity contribution is -0.141. The molecule has 0 saturated carbocycles. The normalized spacial score (nSPS) is 10.9. The Labute approximate surface area is 110 Å². The standard InChI is InChI=1S/C13H27NO4/c1-17-12-10-14(9-7-13(16)18-2)8-5-3-4-6-11-15/h15H,3-12H2,1-2H3. The van der Waals surface area contributed by atoms with Gasteiger partial charge in [0.1, 0.15) is 0 Å². The summed E-state index contributed by atoms with van der Waals surface area (Å²) in [6, 6.07) is 0. The highest BCUT2D eigenvalue weighted by Crippen LogP contribution is 2.02. The van der Waals surface area contributed by atoms with E-state index < -0.39 is 0 Å². The predicted molar refractivity (Wildman–Crippen MR) is 70.5 cm³/mol. The van der Waals surface area contributed by atoms with E-state index in [0.717, 1.165) is 45.3 Å². The second-order valence-corrected chi connectivity index (χ2v) is 4.30. The fourth-order valence-electron chi connectivity index (χ4n) is 1.71. The van der Waals surface area contributed by atoms with Gasteiger partial charge >= 0.3 is 5.97 Å². The number of esters is 1. The molecule has 0 unspecified atom stereocenters. The summed E-state index contributed by atoms with van der Waals surface area (Å²) in [7, 11) is 3.09. The van der Waals surface area contributed by atoms with Crippen molar-refractivity contribution in [2.24, 2.45) is 0 Å². The first-order valence-corrected chi connectivity index (χ1v) is 6.63. The molecule has 5 nitrogen and oxygen atoms in total. The van der Waals surface area contributed by atoms with Crippen LogP contribution in [0, 0.1) is 0 Å². The highest BCUT2D eigenvalue weighted by Gasteiger charge is 2.08. The predicted octanol–water partition coefficient (Wildman–Crippen LogP) is 1.05. The van der Waals surface area contributed by atoms with Crippen molar-refractivity contribution in [3.63, 3.8) is 0 Å². The highest BCUT2D eigenvalue weighted by molar-refractivity contribution is 5.69. The second-order valence-electron chi connectivity index (χ2n) is 4.30. The summed E-state index contributed by atoms with van der Waals surface area (Å²) in [6.45, 7) is 3.48. The lowest BCUT2D eigenvalue weighted by Crippen LogP contribution is -2.31. The van der Waals surface area contributed by atoms with Gasteiger partial charge in [-0.05, 0) is 19.4 Å². The Morgan fingerprint density at radius 2 is 1.78 bits per heavy atom. The number of unbranched alkanes of at least 4 members (excludes halogenated alkanes) is 3. The molecule has 0 rings (SSSR count). The Morgan fingerprint density at radius 1 is 1.06 bits per heavy atom. The quantitative estimate of drug-likeness (QED) is 0.420. The largest absolute Gasteiger partial charge is 0.469 e. The Bertz CT molecular complexity index is 199. The van der Waals surface area contributed by atoms with Gasteiger partial charge in [-0.3, -0.25) is 4.79 Å². The molecule has 0 heterocycles. The van der Waals surface area contributed by atoms with E-state index in [9.17, 15) is 4.79 Å². The number of methoxy groups -OCH3 is 2. The molecule has 0 aromatic rings. The molecule has 0 aromatic heterocycles. The van der Waals surface area contributed by atoms with Crippen molar-refractivity contribution >= 4 is 5.97 Å². The summed E-state index contributed by atoms with van der Waals surface area (Å²) in [5.74, 6) is -0.169. The first-order valence-electron chi connectivity index (χ1n) is 6.63. The molecule has 0 radical (unpaired) electrons. The molecule has 18 heavy (non-hydrogen) atoms. The van der Waals surface area contributed by atoms with Gasteiger partial charge in [-0.25, -0.2) is 0 Å². The van der Waals surface area contributed by atoms with Gasteiger partial charge < -0.3 is 19.5 Å². The number of hydrogen-bond donors (Lipinski definition) is 1. The molecule has 0 aliphatic heterocycles. The third-order valence-corrected chi connectivity index (χ3v) is 2.85. The highest BCUT2D eigenvalue weighted by atomic mass is 16.5. The summed E-state index contributed by atoms with van der Waals surface area (Å²) >= 11 is 0. The Hall–Kier alpha value is -0.650. The van der Waals surface area contributed by atoms with Gasteiger partial charge in [0.2, 0.25) is 0 Å². The zero-order valence-electron chi connectivity index (χ0n) is 11.7. The van der Waals surface area contributed by atoms with Gasteiger partial charge in [0.15, 0.2) is 0 Å². The van der Waals surface area contributed by atoms with Crippen LogP contribution in [0.1, 0.15) is 32.1 Å². The number of nitrogens with zero attached hydrogens (tertiary/aromatic N) is 1. The van der Waals surface area contributed by atoms with Crippen LogP contribution in [-0.2, 0) is 14.3 Å². The molecule has 0 aliphatic rings. The van der Waals surface area contributed by atoms with Crippen LogP contribution in [0.25, 0.3) is 0 Å². The molecule has 0 amide bonds. The van der Waals surface area contributed by atoms with Gasteiger partial charge in [0, 0.05) is 26.8 Å². The number of hydrogen-bond acceptors (Lipinski definition) is 5. The maximum Gasteiger partial charge on any atom is 0.306 e. The van der Waals surface area contributed by atoms with Gasteiger partial charge in [0.25, 0.3) is 0 Å². The summed E-state index contributed by atoms with van der Waals surface area (Å²) < 4.78 is 9.70. The maximum absolute atomic E-state index is 11.1. The summed E-state index contributed by atoms with van der Waals surface area (Å²) in [4.78, 5) is 13.3. The molecule has 0 aromatic carbocycles. The summed E-state index contributed by atoms with van der Waals surface area (Å²) in [6.07, 6.45) is 4.57. The number of ether oxygens (including phenoxy) is 2. The molecule has 0 spiro atoms. The first-order chi connectivity index (χ1) is 8.74. The van der Waals surface area contributed by atoms with Crippen LogP contribution in [0.3, 0.4) is 0 Å². The van der Waals surface area contributed by atoms with E-state index in [1.165, 1.54) is 7.11 Å². The van der Waals surface area contributed by atoms with Crippen LogP contribution >= 0.6 is 0 Å². The van der Waals surface area contributed by atoms with Crippen molar-refractivity contribution in [3.8, 4) is 0 Å². The van der Waals surface area contributed by atoms with Gasteiger partial charge in [-0.15, -0.1) is 0 Å². The minimum absolute atomic E-state index is 0.169. The van der Waals surface area contributed by atoms with E-state index >= 15 is 0 Å². The van der Waals surface area contributed by atoms with E-state index in [-0.39, 0.29) is 12.6 Å². The average molecular weight is 261 g/mol. The molecule has 108 valence electrons. The molecule has 0 bridgehead atoms. The van der Waals surface area contributed by atoms with E-state index in [1.807, 2.05) is 0 Å². The van der Waals surface area contributed by atoms with Crippen molar-refractivity contribution in [2.75, 3.05) is 47.1 Å². The number of carbonyl (C=O) groups excluding carboxylic acids is 1. The van der Waals surface area contributed by atoms with E-state index in [0.29, 0.717) is 13.0 Å². The van der Waals surface area contributed by atoms with Crippen LogP contribution in [0.5, 0.6) is 0 Å². The fourth-order valence-corrected chi connectivity index (χ4v) is 1.71. The topological polar surface area (TPSA) is 59.0 Å². The number of aliphatic hydroxyl groups excluding tert-OH is 1. The molecule has 0 saturated heterocycles. The number of aliphatic hydroxyl groups is 1. The average Bonchev–Trinajstić information content (AvgIpc) is 2.40. The second kappa shape index (κ2) is 12.8. The molecule has 1 N–H and O–H groups in total. The van der Waals surface area contributed by atoms with E-state index in [1.54, 1.807) is 7.11 Å². The van der Waals surface area contributed by atoms with Crippen LogP contribution in [0.2, 0.25) is 0 Å². The molecule has 0 aliphatic carbocycles. The van der Waals surface area contributed by atoms with Crippen LogP contribution in [0.4, 0.5) is 0 Å². The minimum atomic E-state index is -0.169. The molecular weight excluding hydrogens is 234 g/mol. The van der Waals surface area contributed by atoms with Gasteiger partial charge in [-0.2, -0.15) is 0 Å². The lowest BCUT2D eigenvalue weighted by Gasteiger charge is -2.21. The van der Waals surface area contributed by atoms with Crippen molar-refractivity contribution < 1.29 is 19.4 Å². The zero-order chi connectivity index (χ0) is 13.6. The monoisotopic (exact) mass is 261 g/mol. The fraction of sp³-hybridized carbons (Fsp3) is 0.923. The van der Waals surface area contributed by atoms with Gasteiger partial charge in [-0.1, -0.05) is 12.8 Å². The van der Waals surface area contributed by atoms with Crippen molar-refractivity contribution in [2.45, 2.75) is 32.1 Å². The Balaban J connectivity index is 3.72. The smallest absolute Gasteiger partial charge is 0.306 e. The van der Waals surface area contributed by atoms with E-state index in [2.05, 4.69) is 9.64 Å².